The van der Waals surface area contributed by atoms with E-state index in [2.05, 4.69) is 0 Å². The van der Waals surface area contributed by atoms with Crippen LogP contribution in [0.15, 0.2) is 39.7 Å². The van der Waals surface area contributed by atoms with Gasteiger partial charge >= 0.3 is 0 Å². The smallest absolute Gasteiger partial charge is 0.266 e. The van der Waals surface area contributed by atoms with Crippen molar-refractivity contribution in [2.75, 3.05) is 6.54 Å². The number of hydrogen-bond donors (Lipinski definition) is 0. The Kier molecular flexibility index (Phi) is 5.46. The van der Waals surface area contributed by atoms with Gasteiger partial charge in [0.2, 0.25) is 0 Å². The second-order valence-corrected chi connectivity index (χ2v) is 7.18. The van der Waals surface area contributed by atoms with Crippen LogP contribution in [0.1, 0.15) is 18.4 Å². The summed E-state index contributed by atoms with van der Waals surface area (Å²) in [7, 11) is 0. The summed E-state index contributed by atoms with van der Waals surface area (Å²) in [6.45, 7) is 2.55. The van der Waals surface area contributed by atoms with Gasteiger partial charge in [-0.1, -0.05) is 35.6 Å². The number of rotatable bonds is 5. The molecule has 3 rings (SSSR count). The van der Waals surface area contributed by atoms with Gasteiger partial charge < -0.3 is 9.15 Å². The summed E-state index contributed by atoms with van der Waals surface area (Å²) in [6, 6.07) is 7.38. The number of amides is 1. The highest BCUT2D eigenvalue weighted by Crippen LogP contribution is 2.32. The van der Waals surface area contributed by atoms with Crippen LogP contribution < -0.4 is 4.74 Å². The number of thioether (sulfide) groups is 1. The van der Waals surface area contributed by atoms with Gasteiger partial charge in [0, 0.05) is 12.6 Å². The van der Waals surface area contributed by atoms with Crippen molar-refractivity contribution < 1.29 is 18.3 Å². The average molecular weight is 398 g/mol. The van der Waals surface area contributed by atoms with Crippen molar-refractivity contribution in [2.24, 2.45) is 0 Å². The molecule has 1 fully saturated rings. The molecule has 0 spiro atoms. The van der Waals surface area contributed by atoms with Crippen LogP contribution in [0.4, 0.5) is 4.39 Å². The van der Waals surface area contributed by atoms with E-state index in [1.165, 1.54) is 34.9 Å². The zero-order valence-electron chi connectivity index (χ0n) is 13.1. The van der Waals surface area contributed by atoms with E-state index in [0.29, 0.717) is 33.0 Å². The third-order valence-corrected chi connectivity index (χ3v) is 5.08. The lowest BCUT2D eigenvalue weighted by Crippen LogP contribution is -2.27. The van der Waals surface area contributed by atoms with Crippen LogP contribution in [-0.4, -0.2) is 21.7 Å². The Hall–Kier alpha value is -1.83. The first-order valence-electron chi connectivity index (χ1n) is 7.40. The fraction of sp³-hybridized carbons (Fsp3) is 0.176. The second kappa shape index (κ2) is 7.59. The lowest BCUT2D eigenvalue weighted by Gasteiger charge is -2.09. The Bertz CT molecular complexity index is 865. The number of ether oxygens (including phenoxy) is 1. The van der Waals surface area contributed by atoms with Crippen molar-refractivity contribution in [1.82, 2.24) is 4.90 Å². The number of thiocarbonyl (C=S) groups is 1. The zero-order valence-corrected chi connectivity index (χ0v) is 15.5. The molecule has 0 atom stereocenters. The standard InChI is InChI=1S/C17H13ClFNO3S2/c1-2-20-16(21)15(25-17(20)24)8-11-4-5-12(23-11)9-22-14-6-3-10(19)7-13(14)18/h3-8H,2,9H2,1H3/b15-8-. The number of nitrogens with zero attached hydrogens (tertiary/aromatic N) is 1. The molecule has 130 valence electrons. The molecular weight excluding hydrogens is 385 g/mol. The summed E-state index contributed by atoms with van der Waals surface area (Å²) in [5.41, 5.74) is 0. The van der Waals surface area contributed by atoms with Crippen molar-refractivity contribution in [3.63, 3.8) is 0 Å². The van der Waals surface area contributed by atoms with Crippen molar-refractivity contribution in [1.29, 1.82) is 0 Å². The highest BCUT2D eigenvalue weighted by atomic mass is 35.5. The lowest BCUT2D eigenvalue weighted by molar-refractivity contribution is -0.121. The predicted molar refractivity (Wildman–Crippen MR) is 100 cm³/mol. The molecule has 1 amide bonds. The Morgan fingerprint density at radius 1 is 1.40 bits per heavy atom. The van der Waals surface area contributed by atoms with Crippen LogP contribution in [0, 0.1) is 5.82 Å². The molecule has 2 aromatic rings. The van der Waals surface area contributed by atoms with Gasteiger partial charge in [0.25, 0.3) is 5.91 Å². The molecule has 1 aliphatic heterocycles. The average Bonchev–Trinajstić information content (AvgIpc) is 3.11. The molecule has 1 aliphatic rings. The van der Waals surface area contributed by atoms with Crippen LogP contribution in [0.3, 0.4) is 0 Å². The predicted octanol–water partition coefficient (Wildman–Crippen LogP) is 4.87. The van der Waals surface area contributed by atoms with Crippen molar-refractivity contribution in [2.45, 2.75) is 13.5 Å². The minimum absolute atomic E-state index is 0.121. The number of furan rings is 1. The van der Waals surface area contributed by atoms with Crippen LogP contribution >= 0.6 is 35.6 Å². The summed E-state index contributed by atoms with van der Waals surface area (Å²) >= 11 is 12.3. The summed E-state index contributed by atoms with van der Waals surface area (Å²) in [5.74, 6) is 0.898. The minimum atomic E-state index is -0.429. The van der Waals surface area contributed by atoms with E-state index in [0.717, 1.165) is 0 Å². The van der Waals surface area contributed by atoms with Crippen LogP contribution in [0.2, 0.25) is 5.02 Å². The molecule has 0 radical (unpaired) electrons. The van der Waals surface area contributed by atoms with Gasteiger partial charge in [-0.05, 0) is 37.3 Å². The first-order chi connectivity index (χ1) is 12.0. The number of likely N-dealkylation sites (N-methyl/N-ethyl adjacent to an activating group) is 1. The monoisotopic (exact) mass is 397 g/mol. The Labute approximate surface area is 158 Å². The molecule has 0 saturated carbocycles. The van der Waals surface area contributed by atoms with Crippen molar-refractivity contribution in [3.8, 4) is 5.75 Å². The van der Waals surface area contributed by atoms with Gasteiger partial charge in [0.15, 0.2) is 0 Å². The normalized spacial score (nSPS) is 16.1. The highest BCUT2D eigenvalue weighted by Gasteiger charge is 2.30. The molecular formula is C17H13ClFNO3S2. The van der Waals surface area contributed by atoms with E-state index in [4.69, 9.17) is 33.0 Å². The first-order valence-corrected chi connectivity index (χ1v) is 9.00. The SMILES string of the molecule is CCN1C(=O)/C(=C/c2ccc(COc3ccc(F)cc3Cl)o2)SC1=S. The van der Waals surface area contributed by atoms with E-state index in [-0.39, 0.29) is 17.5 Å². The largest absolute Gasteiger partial charge is 0.484 e. The Balaban J connectivity index is 1.68. The second-order valence-electron chi connectivity index (χ2n) is 5.09. The number of benzene rings is 1. The number of carbonyl (C=O) groups is 1. The van der Waals surface area contributed by atoms with Crippen molar-refractivity contribution in [3.05, 3.63) is 57.6 Å². The van der Waals surface area contributed by atoms with E-state index < -0.39 is 5.82 Å². The maximum atomic E-state index is 13.0. The molecule has 0 N–H and O–H groups in total. The maximum absolute atomic E-state index is 13.0. The minimum Gasteiger partial charge on any atom is -0.484 e. The fourth-order valence-electron chi connectivity index (χ4n) is 2.19. The molecule has 1 aromatic heterocycles. The molecule has 0 aliphatic carbocycles. The van der Waals surface area contributed by atoms with E-state index >= 15 is 0 Å². The van der Waals surface area contributed by atoms with Gasteiger partial charge in [-0.3, -0.25) is 9.69 Å². The first kappa shape index (κ1) is 18.0. The molecule has 0 bridgehead atoms. The van der Waals surface area contributed by atoms with Crippen LogP contribution in [-0.2, 0) is 11.4 Å². The summed E-state index contributed by atoms with van der Waals surface area (Å²) in [4.78, 5) is 14.2. The number of halogens is 2. The number of hydrogen-bond acceptors (Lipinski definition) is 5. The Morgan fingerprint density at radius 3 is 2.88 bits per heavy atom. The fourth-order valence-corrected chi connectivity index (χ4v) is 3.78. The molecule has 25 heavy (non-hydrogen) atoms. The lowest BCUT2D eigenvalue weighted by atomic mass is 10.3. The van der Waals surface area contributed by atoms with E-state index in [1.807, 2.05) is 6.92 Å². The van der Waals surface area contributed by atoms with Crippen LogP contribution in [0.5, 0.6) is 5.75 Å². The van der Waals surface area contributed by atoms with Gasteiger partial charge in [0.05, 0.1) is 9.93 Å². The molecule has 8 heteroatoms. The van der Waals surface area contributed by atoms with E-state index in [9.17, 15) is 9.18 Å². The topological polar surface area (TPSA) is 42.7 Å². The van der Waals surface area contributed by atoms with Gasteiger partial charge in [-0.15, -0.1) is 0 Å². The van der Waals surface area contributed by atoms with Gasteiger partial charge in [-0.2, -0.15) is 0 Å². The van der Waals surface area contributed by atoms with Crippen molar-refractivity contribution >= 4 is 51.9 Å². The quantitative estimate of drug-likeness (QED) is 0.531. The van der Waals surface area contributed by atoms with Gasteiger partial charge in [-0.25, -0.2) is 4.39 Å². The molecule has 1 saturated heterocycles. The molecule has 2 heterocycles. The summed E-state index contributed by atoms with van der Waals surface area (Å²) in [6.07, 6.45) is 1.66. The van der Waals surface area contributed by atoms with Gasteiger partial charge in [0.1, 0.15) is 34.0 Å². The Morgan fingerprint density at radius 2 is 2.20 bits per heavy atom. The number of carbonyl (C=O) groups excluding carboxylic acids is 1. The zero-order chi connectivity index (χ0) is 18.0. The summed E-state index contributed by atoms with van der Waals surface area (Å²) in [5, 5.41) is 0.190. The van der Waals surface area contributed by atoms with E-state index in [1.54, 1.807) is 18.2 Å². The molecule has 4 nitrogen and oxygen atoms in total. The molecule has 0 unspecified atom stereocenters. The van der Waals surface area contributed by atoms with Crippen LogP contribution in [0.25, 0.3) is 6.08 Å². The highest BCUT2D eigenvalue weighted by molar-refractivity contribution is 8.26. The summed E-state index contributed by atoms with van der Waals surface area (Å²) < 4.78 is 24.7. The third kappa shape index (κ3) is 4.05. The third-order valence-electron chi connectivity index (χ3n) is 3.41. The molecule has 1 aromatic carbocycles. The maximum Gasteiger partial charge on any atom is 0.266 e.